The molecule has 0 aliphatic carbocycles. The van der Waals surface area contributed by atoms with Crippen LogP contribution in [0.25, 0.3) is 10.8 Å². The van der Waals surface area contributed by atoms with Crippen molar-refractivity contribution < 1.29 is 14.3 Å². The van der Waals surface area contributed by atoms with Crippen molar-refractivity contribution >= 4 is 11.3 Å². The molecule has 3 heterocycles. The first-order chi connectivity index (χ1) is 11.2. The van der Waals surface area contributed by atoms with Gasteiger partial charge >= 0.3 is 0 Å². The lowest BCUT2D eigenvalue weighted by atomic mass is 10.2. The Hall–Kier alpha value is -1.25. The third-order valence-electron chi connectivity index (χ3n) is 3.81. The molecule has 0 saturated carbocycles. The Morgan fingerprint density at radius 2 is 2.26 bits per heavy atom. The van der Waals surface area contributed by atoms with Crippen LogP contribution in [-0.4, -0.2) is 72.4 Å². The highest BCUT2D eigenvalue weighted by molar-refractivity contribution is 7.13. The molecule has 1 atom stereocenters. The third kappa shape index (κ3) is 4.86. The van der Waals surface area contributed by atoms with Crippen molar-refractivity contribution in [3.05, 3.63) is 29.5 Å². The topological polar surface area (TPSA) is 62.0 Å². The summed E-state index contributed by atoms with van der Waals surface area (Å²) >= 11 is 1.61. The molecule has 1 saturated heterocycles. The minimum atomic E-state index is -0.373. The molecule has 7 heteroatoms. The summed E-state index contributed by atoms with van der Waals surface area (Å²) in [6, 6.07) is 3.98. The summed E-state index contributed by atoms with van der Waals surface area (Å²) in [6.07, 6.45) is 1.32. The molecule has 0 amide bonds. The highest BCUT2D eigenvalue weighted by atomic mass is 32.1. The molecule has 1 fully saturated rings. The number of morpholine rings is 1. The fraction of sp³-hybridized carbons (Fsp3) is 0.562. The van der Waals surface area contributed by atoms with Gasteiger partial charge in [-0.15, -0.1) is 11.3 Å². The molecule has 126 valence electrons. The van der Waals surface area contributed by atoms with Crippen LogP contribution >= 0.6 is 11.3 Å². The molecule has 2 aromatic heterocycles. The van der Waals surface area contributed by atoms with Gasteiger partial charge in [0.05, 0.1) is 29.9 Å². The van der Waals surface area contributed by atoms with Crippen LogP contribution in [0.4, 0.5) is 0 Å². The largest absolute Gasteiger partial charge is 0.444 e. The first-order valence-electron chi connectivity index (χ1n) is 7.85. The number of oxazole rings is 1. The van der Waals surface area contributed by atoms with Gasteiger partial charge in [-0.25, -0.2) is 4.98 Å². The van der Waals surface area contributed by atoms with Crippen LogP contribution in [0.5, 0.6) is 0 Å². The van der Waals surface area contributed by atoms with Crippen molar-refractivity contribution in [2.75, 3.05) is 46.4 Å². The van der Waals surface area contributed by atoms with E-state index in [1.54, 1.807) is 17.6 Å². The van der Waals surface area contributed by atoms with Crippen LogP contribution in [0.2, 0.25) is 0 Å². The van der Waals surface area contributed by atoms with Gasteiger partial charge in [0.15, 0.2) is 0 Å². The molecular weight excluding hydrogens is 314 g/mol. The zero-order chi connectivity index (χ0) is 16.1. The second kappa shape index (κ2) is 8.03. The number of nitrogens with zero attached hydrogens (tertiary/aromatic N) is 3. The van der Waals surface area contributed by atoms with E-state index in [0.29, 0.717) is 25.5 Å². The zero-order valence-electron chi connectivity index (χ0n) is 13.4. The van der Waals surface area contributed by atoms with Crippen molar-refractivity contribution in [3.63, 3.8) is 0 Å². The summed E-state index contributed by atoms with van der Waals surface area (Å²) in [5.41, 5.74) is 0.884. The van der Waals surface area contributed by atoms with Gasteiger partial charge in [0.25, 0.3) is 0 Å². The first-order valence-corrected chi connectivity index (χ1v) is 8.73. The van der Waals surface area contributed by atoms with Crippen LogP contribution in [0.15, 0.2) is 28.2 Å². The second-order valence-corrected chi connectivity index (χ2v) is 6.83. The fourth-order valence-electron chi connectivity index (χ4n) is 2.73. The van der Waals surface area contributed by atoms with E-state index in [-0.39, 0.29) is 6.10 Å². The number of β-amino-alcohol motifs (C(OH)–C–C–N with tert-alkyl or cyclic N) is 1. The Morgan fingerprint density at radius 3 is 3.00 bits per heavy atom. The van der Waals surface area contributed by atoms with E-state index in [1.807, 2.05) is 24.6 Å². The Labute approximate surface area is 140 Å². The molecule has 0 spiro atoms. The number of hydrogen-bond acceptors (Lipinski definition) is 7. The normalized spacial score (nSPS) is 17.7. The maximum Gasteiger partial charge on any atom is 0.236 e. The van der Waals surface area contributed by atoms with Gasteiger partial charge in [0.2, 0.25) is 5.89 Å². The van der Waals surface area contributed by atoms with E-state index >= 15 is 0 Å². The predicted molar refractivity (Wildman–Crippen MR) is 89.4 cm³/mol. The molecule has 1 N–H and O–H groups in total. The van der Waals surface area contributed by atoms with Crippen molar-refractivity contribution in [2.24, 2.45) is 0 Å². The monoisotopic (exact) mass is 337 g/mol. The van der Waals surface area contributed by atoms with Crippen LogP contribution < -0.4 is 0 Å². The summed E-state index contributed by atoms with van der Waals surface area (Å²) in [6.45, 7) is 5.27. The van der Waals surface area contributed by atoms with Gasteiger partial charge in [0, 0.05) is 32.7 Å². The number of aliphatic hydroxyl groups excluding tert-OH is 1. The first kappa shape index (κ1) is 16.6. The summed E-state index contributed by atoms with van der Waals surface area (Å²) in [5.74, 6) is 0.664. The molecule has 1 aliphatic rings. The molecule has 0 bridgehead atoms. The van der Waals surface area contributed by atoms with E-state index in [0.717, 1.165) is 36.9 Å². The number of aliphatic hydroxyl groups is 1. The number of hydrogen-bond donors (Lipinski definition) is 1. The maximum absolute atomic E-state index is 10.2. The molecule has 6 nitrogen and oxygen atoms in total. The Morgan fingerprint density at radius 1 is 1.43 bits per heavy atom. The maximum atomic E-state index is 10.2. The van der Waals surface area contributed by atoms with Crippen LogP contribution in [0.1, 0.15) is 5.69 Å². The summed E-state index contributed by atoms with van der Waals surface area (Å²) in [5, 5.41) is 12.2. The number of thiophene rings is 1. The van der Waals surface area contributed by atoms with Crippen LogP contribution in [0.3, 0.4) is 0 Å². The molecule has 1 unspecified atom stereocenters. The van der Waals surface area contributed by atoms with E-state index in [1.165, 1.54) is 0 Å². The summed E-state index contributed by atoms with van der Waals surface area (Å²) in [4.78, 5) is 9.86. The Kier molecular flexibility index (Phi) is 5.80. The average Bonchev–Trinajstić information content (AvgIpc) is 3.18. The Bertz CT molecular complexity index is 581. The molecule has 23 heavy (non-hydrogen) atoms. The lowest BCUT2D eigenvalue weighted by molar-refractivity contribution is 0.00819. The number of likely N-dealkylation sites (N-methyl/N-ethyl adjacent to an activating group) is 1. The van der Waals surface area contributed by atoms with Gasteiger partial charge in [-0.1, -0.05) is 6.07 Å². The standard InChI is InChI=1S/C16H23N3O3S/c1-18(10-14(20)11-19-4-6-21-7-5-19)9-13-12-22-16(17-13)15-3-2-8-23-15/h2-3,8,12,14,20H,4-7,9-11H2,1H3. The van der Waals surface area contributed by atoms with Crippen LogP contribution in [0, 0.1) is 0 Å². The lowest BCUT2D eigenvalue weighted by Gasteiger charge is -2.29. The van der Waals surface area contributed by atoms with E-state index in [2.05, 4.69) is 14.8 Å². The van der Waals surface area contributed by atoms with Crippen molar-refractivity contribution in [3.8, 4) is 10.8 Å². The van der Waals surface area contributed by atoms with Gasteiger partial charge in [0.1, 0.15) is 6.26 Å². The van der Waals surface area contributed by atoms with Gasteiger partial charge in [-0.05, 0) is 18.5 Å². The highest BCUT2D eigenvalue weighted by Crippen LogP contribution is 2.23. The van der Waals surface area contributed by atoms with Crippen molar-refractivity contribution in [2.45, 2.75) is 12.6 Å². The van der Waals surface area contributed by atoms with Crippen molar-refractivity contribution in [1.82, 2.24) is 14.8 Å². The van der Waals surface area contributed by atoms with Crippen molar-refractivity contribution in [1.29, 1.82) is 0 Å². The Balaban J connectivity index is 1.46. The molecule has 0 radical (unpaired) electrons. The smallest absolute Gasteiger partial charge is 0.236 e. The van der Waals surface area contributed by atoms with Gasteiger partial charge in [-0.2, -0.15) is 0 Å². The molecule has 0 aromatic carbocycles. The fourth-order valence-corrected chi connectivity index (χ4v) is 3.39. The quantitative estimate of drug-likeness (QED) is 0.827. The predicted octanol–water partition coefficient (Wildman–Crippen LogP) is 1.53. The minimum absolute atomic E-state index is 0.373. The number of aromatic nitrogens is 1. The second-order valence-electron chi connectivity index (χ2n) is 5.88. The molecule has 1 aliphatic heterocycles. The number of rotatable bonds is 7. The van der Waals surface area contributed by atoms with Gasteiger partial charge < -0.3 is 14.3 Å². The van der Waals surface area contributed by atoms with E-state index < -0.39 is 0 Å². The minimum Gasteiger partial charge on any atom is -0.444 e. The molecule has 3 rings (SSSR count). The number of ether oxygens (including phenoxy) is 1. The zero-order valence-corrected chi connectivity index (χ0v) is 14.2. The molecular formula is C16H23N3O3S. The SMILES string of the molecule is CN(Cc1coc(-c2cccs2)n1)CC(O)CN1CCOCC1. The van der Waals surface area contributed by atoms with E-state index in [4.69, 9.17) is 9.15 Å². The highest BCUT2D eigenvalue weighted by Gasteiger charge is 2.17. The molecule has 2 aromatic rings. The van der Waals surface area contributed by atoms with Crippen LogP contribution in [-0.2, 0) is 11.3 Å². The summed E-state index contributed by atoms with van der Waals surface area (Å²) < 4.78 is 10.8. The summed E-state index contributed by atoms with van der Waals surface area (Å²) in [7, 11) is 1.99. The average molecular weight is 337 g/mol. The van der Waals surface area contributed by atoms with Gasteiger partial charge in [-0.3, -0.25) is 9.80 Å². The lowest BCUT2D eigenvalue weighted by Crippen LogP contribution is -2.43. The third-order valence-corrected chi connectivity index (χ3v) is 4.67. The van der Waals surface area contributed by atoms with E-state index in [9.17, 15) is 5.11 Å².